The number of carbonyl (C=O) groups is 3. The van der Waals surface area contributed by atoms with Gasteiger partial charge < -0.3 is 20.2 Å². The molecule has 24 heavy (non-hydrogen) atoms. The summed E-state index contributed by atoms with van der Waals surface area (Å²) in [4.78, 5) is 39.6. The minimum Gasteiger partial charge on any atom is -0.480 e. The average Bonchev–Trinajstić information content (AvgIpc) is 3.07. The zero-order valence-corrected chi connectivity index (χ0v) is 14.7. The quantitative estimate of drug-likeness (QED) is 0.795. The summed E-state index contributed by atoms with van der Waals surface area (Å²) in [6, 6.07) is -0.753. The molecule has 0 aromatic carbocycles. The number of likely N-dealkylation sites (tertiary alicyclic amines) is 2. The van der Waals surface area contributed by atoms with Crippen molar-refractivity contribution in [2.24, 2.45) is 11.8 Å². The predicted molar refractivity (Wildman–Crippen MR) is 89.5 cm³/mol. The summed E-state index contributed by atoms with van der Waals surface area (Å²) in [5.41, 5.74) is 0. The number of urea groups is 1. The summed E-state index contributed by atoms with van der Waals surface area (Å²) in [6.07, 6.45) is 3.75. The van der Waals surface area contributed by atoms with Gasteiger partial charge in [-0.2, -0.15) is 0 Å². The lowest BCUT2D eigenvalue weighted by molar-refractivity contribution is -0.143. The van der Waals surface area contributed by atoms with Crippen molar-refractivity contribution in [3.8, 4) is 0 Å². The number of nitrogens with one attached hydrogen (secondary N) is 1. The second kappa shape index (κ2) is 8.35. The Hall–Kier alpha value is -1.79. The summed E-state index contributed by atoms with van der Waals surface area (Å²) >= 11 is 0. The Labute approximate surface area is 143 Å². The molecule has 2 fully saturated rings. The van der Waals surface area contributed by atoms with Gasteiger partial charge in [-0.05, 0) is 38.0 Å². The number of carboxylic acid groups (broad SMARTS) is 1. The minimum atomic E-state index is -0.987. The van der Waals surface area contributed by atoms with Gasteiger partial charge in [-0.3, -0.25) is 4.79 Å². The lowest BCUT2D eigenvalue weighted by atomic mass is 9.95. The minimum absolute atomic E-state index is 0.0783. The highest BCUT2D eigenvalue weighted by atomic mass is 16.4. The van der Waals surface area contributed by atoms with Gasteiger partial charge in [-0.15, -0.1) is 0 Å². The second-order valence-corrected chi connectivity index (χ2v) is 7.27. The highest BCUT2D eigenvalue weighted by molar-refractivity contribution is 5.85. The number of rotatable bonds is 5. The Morgan fingerprint density at radius 3 is 2.08 bits per heavy atom. The molecule has 3 amide bonds. The number of aliphatic carboxylic acids is 1. The van der Waals surface area contributed by atoms with Crippen molar-refractivity contribution in [1.29, 1.82) is 0 Å². The van der Waals surface area contributed by atoms with Gasteiger partial charge in [-0.1, -0.05) is 13.8 Å². The molecule has 2 aliphatic rings. The van der Waals surface area contributed by atoms with Crippen LogP contribution in [-0.4, -0.2) is 65.0 Å². The highest BCUT2D eigenvalue weighted by Gasteiger charge is 2.32. The van der Waals surface area contributed by atoms with E-state index in [0.29, 0.717) is 32.4 Å². The first-order valence-corrected chi connectivity index (χ1v) is 8.95. The number of carboxylic acids is 1. The molecule has 7 heteroatoms. The van der Waals surface area contributed by atoms with E-state index in [2.05, 4.69) is 5.32 Å². The number of amides is 3. The molecular formula is C17H29N3O4. The number of hydrogen-bond acceptors (Lipinski definition) is 3. The number of piperidine rings is 1. The molecular weight excluding hydrogens is 310 g/mol. The van der Waals surface area contributed by atoms with E-state index in [1.165, 1.54) is 0 Å². The second-order valence-electron chi connectivity index (χ2n) is 7.27. The third kappa shape index (κ3) is 4.85. The van der Waals surface area contributed by atoms with Gasteiger partial charge in [0, 0.05) is 32.1 Å². The van der Waals surface area contributed by atoms with E-state index in [-0.39, 0.29) is 23.8 Å². The van der Waals surface area contributed by atoms with Crippen molar-refractivity contribution in [3.05, 3.63) is 0 Å². The molecule has 2 aliphatic heterocycles. The van der Waals surface area contributed by atoms with Gasteiger partial charge in [0.05, 0.1) is 0 Å². The van der Waals surface area contributed by atoms with E-state index in [0.717, 1.165) is 25.9 Å². The Kier molecular flexibility index (Phi) is 6.45. The first kappa shape index (κ1) is 18.5. The molecule has 2 saturated heterocycles. The average molecular weight is 339 g/mol. The maximum atomic E-state index is 12.3. The van der Waals surface area contributed by atoms with Crippen LogP contribution in [0.5, 0.6) is 0 Å². The molecule has 0 aliphatic carbocycles. The maximum Gasteiger partial charge on any atom is 0.326 e. The standard InChI is InChI=1S/C17H29N3O4/c1-12(2)11-14(16(22)23)18-15(21)13-5-9-20(10-6-13)17(24)19-7-3-4-8-19/h12-14H,3-11H2,1-2H3,(H,18,21)(H,22,23)/t14-/m0/s1. The molecule has 0 saturated carbocycles. The van der Waals surface area contributed by atoms with E-state index in [1.54, 1.807) is 0 Å². The van der Waals surface area contributed by atoms with E-state index in [9.17, 15) is 19.5 Å². The van der Waals surface area contributed by atoms with Crippen LogP contribution in [0.4, 0.5) is 4.79 Å². The molecule has 2 N–H and O–H groups in total. The molecule has 136 valence electrons. The van der Waals surface area contributed by atoms with Crippen LogP contribution in [0.3, 0.4) is 0 Å². The van der Waals surface area contributed by atoms with E-state index in [1.807, 2.05) is 23.6 Å². The normalized spacial score (nSPS) is 20.3. The molecule has 0 unspecified atom stereocenters. The van der Waals surface area contributed by atoms with Crippen LogP contribution in [0.1, 0.15) is 46.0 Å². The molecule has 2 heterocycles. The Morgan fingerprint density at radius 1 is 1.04 bits per heavy atom. The summed E-state index contributed by atoms with van der Waals surface area (Å²) < 4.78 is 0. The van der Waals surface area contributed by atoms with Gasteiger partial charge in [0.1, 0.15) is 6.04 Å². The van der Waals surface area contributed by atoms with E-state index >= 15 is 0 Å². The number of carbonyl (C=O) groups excluding carboxylic acids is 2. The molecule has 2 rings (SSSR count). The van der Waals surface area contributed by atoms with Crippen LogP contribution in [0, 0.1) is 11.8 Å². The Balaban J connectivity index is 1.81. The van der Waals surface area contributed by atoms with Crippen molar-refractivity contribution in [1.82, 2.24) is 15.1 Å². The summed E-state index contributed by atoms with van der Waals surface area (Å²) in [6.45, 7) is 6.66. The van der Waals surface area contributed by atoms with Crippen LogP contribution < -0.4 is 5.32 Å². The summed E-state index contributed by atoms with van der Waals surface area (Å²) in [7, 11) is 0. The van der Waals surface area contributed by atoms with Crippen LogP contribution >= 0.6 is 0 Å². The van der Waals surface area contributed by atoms with Gasteiger partial charge in [0.15, 0.2) is 0 Å². The fourth-order valence-electron chi connectivity index (χ4n) is 3.42. The SMILES string of the molecule is CC(C)C[C@H](NC(=O)C1CCN(C(=O)N2CCCC2)CC1)C(=O)O. The Bertz CT molecular complexity index is 466. The predicted octanol–water partition coefficient (Wildman–Crippen LogP) is 1.53. The molecule has 0 aromatic rings. The van der Waals surface area contributed by atoms with Crippen LogP contribution in [0.2, 0.25) is 0 Å². The Morgan fingerprint density at radius 2 is 1.58 bits per heavy atom. The van der Waals surface area contributed by atoms with Crippen molar-refractivity contribution in [2.75, 3.05) is 26.2 Å². The fourth-order valence-corrected chi connectivity index (χ4v) is 3.42. The van der Waals surface area contributed by atoms with Gasteiger partial charge in [0.25, 0.3) is 0 Å². The first-order valence-electron chi connectivity index (χ1n) is 8.95. The number of hydrogen-bond donors (Lipinski definition) is 2. The topological polar surface area (TPSA) is 90.0 Å². The molecule has 0 bridgehead atoms. The fraction of sp³-hybridized carbons (Fsp3) is 0.824. The molecule has 0 spiro atoms. The van der Waals surface area contributed by atoms with Gasteiger partial charge in [-0.25, -0.2) is 9.59 Å². The lowest BCUT2D eigenvalue weighted by Crippen LogP contribution is -2.50. The van der Waals surface area contributed by atoms with Crippen molar-refractivity contribution in [2.45, 2.75) is 52.0 Å². The van der Waals surface area contributed by atoms with Crippen LogP contribution in [-0.2, 0) is 9.59 Å². The smallest absolute Gasteiger partial charge is 0.326 e. The zero-order chi connectivity index (χ0) is 17.7. The van der Waals surface area contributed by atoms with Crippen molar-refractivity contribution < 1.29 is 19.5 Å². The third-order valence-corrected chi connectivity index (χ3v) is 4.83. The summed E-state index contributed by atoms with van der Waals surface area (Å²) in [5.74, 6) is -1.19. The van der Waals surface area contributed by atoms with E-state index in [4.69, 9.17) is 0 Å². The van der Waals surface area contributed by atoms with Crippen molar-refractivity contribution >= 4 is 17.9 Å². The third-order valence-electron chi connectivity index (χ3n) is 4.83. The zero-order valence-electron chi connectivity index (χ0n) is 14.7. The van der Waals surface area contributed by atoms with Crippen LogP contribution in [0.25, 0.3) is 0 Å². The van der Waals surface area contributed by atoms with Crippen LogP contribution in [0.15, 0.2) is 0 Å². The maximum absolute atomic E-state index is 12.3. The monoisotopic (exact) mass is 339 g/mol. The van der Waals surface area contributed by atoms with Gasteiger partial charge >= 0.3 is 12.0 Å². The van der Waals surface area contributed by atoms with E-state index < -0.39 is 12.0 Å². The van der Waals surface area contributed by atoms with Crippen molar-refractivity contribution in [3.63, 3.8) is 0 Å². The summed E-state index contributed by atoms with van der Waals surface area (Å²) in [5, 5.41) is 11.9. The first-order chi connectivity index (χ1) is 11.4. The largest absolute Gasteiger partial charge is 0.480 e. The molecule has 7 nitrogen and oxygen atoms in total. The van der Waals surface area contributed by atoms with Gasteiger partial charge in [0.2, 0.25) is 5.91 Å². The number of nitrogens with zero attached hydrogens (tertiary/aromatic N) is 2. The molecule has 0 aromatic heterocycles. The molecule has 0 radical (unpaired) electrons. The lowest BCUT2D eigenvalue weighted by Gasteiger charge is -2.34. The molecule has 1 atom stereocenters. The highest BCUT2D eigenvalue weighted by Crippen LogP contribution is 2.20.